The third-order valence-corrected chi connectivity index (χ3v) is 4.34. The number of nitrogens with zero attached hydrogens (tertiary/aromatic N) is 1. The number of hydrogen-bond donors (Lipinski definition) is 1. The van der Waals surface area contributed by atoms with Crippen molar-refractivity contribution in [2.45, 2.75) is 38.6 Å². The normalized spacial score (nSPS) is 23.6. The summed E-state index contributed by atoms with van der Waals surface area (Å²) in [7, 11) is 0. The molecule has 0 unspecified atom stereocenters. The minimum absolute atomic E-state index is 0.0650. The Morgan fingerprint density at radius 3 is 2.58 bits per heavy atom. The maximum absolute atomic E-state index is 12.6. The molecule has 0 aliphatic heterocycles. The molecule has 19 heavy (non-hydrogen) atoms. The van der Waals surface area contributed by atoms with Gasteiger partial charge < -0.3 is 5.73 Å². The lowest BCUT2D eigenvalue weighted by Gasteiger charge is -2.29. The van der Waals surface area contributed by atoms with E-state index in [1.807, 2.05) is 34.9 Å². The van der Waals surface area contributed by atoms with Gasteiger partial charge >= 0.3 is 0 Å². The average Bonchev–Trinajstić information content (AvgIpc) is 2.41. The number of fused-ring (bicyclic) bond motifs is 1. The first kappa shape index (κ1) is 12.3. The highest BCUT2D eigenvalue weighted by Gasteiger charge is 2.22. The molecule has 0 saturated heterocycles. The highest BCUT2D eigenvalue weighted by molar-refractivity contribution is 5.83. The fraction of sp³-hybridized carbons (Fsp3) is 0.438. The molecule has 0 atom stereocenters. The van der Waals surface area contributed by atoms with Gasteiger partial charge in [-0.25, -0.2) is 0 Å². The van der Waals surface area contributed by atoms with Crippen LogP contribution in [0.3, 0.4) is 0 Å². The summed E-state index contributed by atoms with van der Waals surface area (Å²) in [6.45, 7) is 2.28. The first-order valence-electron chi connectivity index (χ1n) is 7.06. The van der Waals surface area contributed by atoms with Crippen molar-refractivity contribution in [2.75, 3.05) is 5.73 Å². The molecule has 0 spiro atoms. The Labute approximate surface area is 113 Å². The van der Waals surface area contributed by atoms with Crippen LogP contribution >= 0.6 is 0 Å². The fourth-order valence-corrected chi connectivity index (χ4v) is 3.17. The van der Waals surface area contributed by atoms with E-state index >= 15 is 0 Å². The third-order valence-electron chi connectivity index (χ3n) is 4.34. The second-order valence-electron chi connectivity index (χ2n) is 5.75. The van der Waals surface area contributed by atoms with Crippen molar-refractivity contribution in [1.29, 1.82) is 0 Å². The number of pyridine rings is 1. The van der Waals surface area contributed by atoms with Crippen LogP contribution in [0.2, 0.25) is 0 Å². The van der Waals surface area contributed by atoms with Crippen molar-refractivity contribution in [3.8, 4) is 0 Å². The zero-order chi connectivity index (χ0) is 13.4. The summed E-state index contributed by atoms with van der Waals surface area (Å²) in [5.41, 5.74) is 6.18. The molecule has 1 aromatic heterocycles. The minimum Gasteiger partial charge on any atom is -0.385 e. The van der Waals surface area contributed by atoms with Crippen LogP contribution in [0.15, 0.2) is 35.1 Å². The molecule has 0 amide bonds. The molecule has 3 rings (SSSR count). The Bertz CT molecular complexity index is 651. The lowest BCUT2D eigenvalue weighted by Crippen LogP contribution is -2.29. The van der Waals surface area contributed by atoms with Gasteiger partial charge in [-0.2, -0.15) is 0 Å². The van der Waals surface area contributed by atoms with E-state index in [1.165, 1.54) is 12.8 Å². The van der Waals surface area contributed by atoms with Crippen molar-refractivity contribution in [2.24, 2.45) is 5.92 Å². The monoisotopic (exact) mass is 256 g/mol. The summed E-state index contributed by atoms with van der Waals surface area (Å²) in [5.74, 6) is 1.37. The van der Waals surface area contributed by atoms with Crippen LogP contribution in [0.25, 0.3) is 10.8 Å². The Kier molecular flexibility index (Phi) is 3.05. The standard InChI is InChI=1S/C16H20N2O/c1-11-6-8-13(9-7-11)18-15(17)10-12-4-2-3-5-14(12)16(18)19/h2-5,10-11,13H,6-9,17H2,1H3. The third kappa shape index (κ3) is 2.14. The fourth-order valence-electron chi connectivity index (χ4n) is 3.17. The van der Waals surface area contributed by atoms with Crippen molar-refractivity contribution < 1.29 is 0 Å². The van der Waals surface area contributed by atoms with Crippen LogP contribution in [0, 0.1) is 5.92 Å². The van der Waals surface area contributed by atoms with Crippen molar-refractivity contribution in [3.63, 3.8) is 0 Å². The summed E-state index contributed by atoms with van der Waals surface area (Å²) in [4.78, 5) is 12.6. The molecule has 1 heterocycles. The van der Waals surface area contributed by atoms with E-state index in [0.29, 0.717) is 5.82 Å². The molecule has 1 aliphatic rings. The van der Waals surface area contributed by atoms with E-state index in [-0.39, 0.29) is 11.6 Å². The molecule has 0 radical (unpaired) electrons. The second-order valence-corrected chi connectivity index (χ2v) is 5.75. The molecule has 1 aromatic carbocycles. The summed E-state index contributed by atoms with van der Waals surface area (Å²) in [6.07, 6.45) is 4.49. The van der Waals surface area contributed by atoms with Crippen molar-refractivity contribution in [1.82, 2.24) is 4.57 Å². The van der Waals surface area contributed by atoms with E-state index in [2.05, 4.69) is 6.92 Å². The highest BCUT2D eigenvalue weighted by atomic mass is 16.1. The maximum Gasteiger partial charge on any atom is 0.260 e. The maximum atomic E-state index is 12.6. The van der Waals surface area contributed by atoms with Crippen molar-refractivity contribution >= 4 is 16.6 Å². The van der Waals surface area contributed by atoms with Crippen molar-refractivity contribution in [3.05, 3.63) is 40.7 Å². The SMILES string of the molecule is CC1CCC(n2c(N)cc3ccccc3c2=O)CC1. The van der Waals surface area contributed by atoms with Crippen LogP contribution in [0.4, 0.5) is 5.82 Å². The molecule has 100 valence electrons. The summed E-state index contributed by atoms with van der Waals surface area (Å²) in [5, 5.41) is 1.71. The van der Waals surface area contributed by atoms with Gasteiger partial charge in [0, 0.05) is 11.4 Å². The molecule has 3 nitrogen and oxygen atoms in total. The van der Waals surface area contributed by atoms with E-state index in [9.17, 15) is 4.79 Å². The number of nitrogen functional groups attached to an aromatic ring is 1. The van der Waals surface area contributed by atoms with E-state index < -0.39 is 0 Å². The molecule has 1 aliphatic carbocycles. The lowest BCUT2D eigenvalue weighted by atomic mass is 9.87. The van der Waals surface area contributed by atoms with Gasteiger partial charge in [-0.1, -0.05) is 25.1 Å². The van der Waals surface area contributed by atoms with Gasteiger partial charge in [-0.15, -0.1) is 0 Å². The van der Waals surface area contributed by atoms with Crippen LogP contribution in [0.1, 0.15) is 38.6 Å². The zero-order valence-electron chi connectivity index (χ0n) is 11.3. The van der Waals surface area contributed by atoms with Crippen LogP contribution in [0.5, 0.6) is 0 Å². The molecular formula is C16H20N2O. The molecule has 2 aromatic rings. The number of rotatable bonds is 1. The van der Waals surface area contributed by atoms with Crippen LogP contribution < -0.4 is 11.3 Å². The first-order chi connectivity index (χ1) is 9.16. The number of aromatic nitrogens is 1. The number of hydrogen-bond acceptors (Lipinski definition) is 2. The van der Waals surface area contributed by atoms with Gasteiger partial charge in [0.25, 0.3) is 5.56 Å². The predicted octanol–water partition coefficient (Wildman–Crippen LogP) is 3.33. The second kappa shape index (κ2) is 4.72. The minimum atomic E-state index is 0.0650. The lowest BCUT2D eigenvalue weighted by molar-refractivity contribution is 0.288. The first-order valence-corrected chi connectivity index (χ1v) is 7.06. The molecule has 2 N–H and O–H groups in total. The largest absolute Gasteiger partial charge is 0.385 e. The predicted molar refractivity (Wildman–Crippen MR) is 79.3 cm³/mol. The average molecular weight is 256 g/mol. The summed E-state index contributed by atoms with van der Waals surface area (Å²) >= 11 is 0. The quantitative estimate of drug-likeness (QED) is 0.850. The number of nitrogens with two attached hydrogens (primary N) is 1. The van der Waals surface area contributed by atoms with Gasteiger partial charge in [0.15, 0.2) is 0 Å². The van der Waals surface area contributed by atoms with Gasteiger partial charge in [0.2, 0.25) is 0 Å². The number of benzene rings is 1. The zero-order valence-corrected chi connectivity index (χ0v) is 11.3. The molecule has 1 fully saturated rings. The van der Waals surface area contributed by atoms with Gasteiger partial charge in [0.05, 0.1) is 0 Å². The smallest absolute Gasteiger partial charge is 0.260 e. The highest BCUT2D eigenvalue weighted by Crippen LogP contribution is 2.32. The van der Waals surface area contributed by atoms with Crippen LogP contribution in [-0.4, -0.2) is 4.57 Å². The Morgan fingerprint density at radius 1 is 1.16 bits per heavy atom. The molecule has 0 bridgehead atoms. The van der Waals surface area contributed by atoms with E-state index in [4.69, 9.17) is 5.73 Å². The summed E-state index contributed by atoms with van der Waals surface area (Å²) < 4.78 is 1.81. The van der Waals surface area contributed by atoms with E-state index in [1.54, 1.807) is 0 Å². The molecule has 1 saturated carbocycles. The topological polar surface area (TPSA) is 48.0 Å². The Hall–Kier alpha value is -1.77. The molecule has 3 heteroatoms. The summed E-state index contributed by atoms with van der Waals surface area (Å²) in [6, 6.07) is 9.88. The van der Waals surface area contributed by atoms with E-state index in [0.717, 1.165) is 29.5 Å². The Balaban J connectivity index is 2.11. The molecular weight excluding hydrogens is 236 g/mol. The van der Waals surface area contributed by atoms with Gasteiger partial charge in [-0.3, -0.25) is 9.36 Å². The van der Waals surface area contributed by atoms with Crippen LogP contribution in [-0.2, 0) is 0 Å². The Morgan fingerprint density at radius 2 is 1.84 bits per heavy atom. The van der Waals surface area contributed by atoms with Gasteiger partial charge in [0.1, 0.15) is 5.82 Å². The van der Waals surface area contributed by atoms with Gasteiger partial charge in [-0.05, 0) is 49.1 Å². The number of anilines is 1.